The summed E-state index contributed by atoms with van der Waals surface area (Å²) in [6, 6.07) is 17.4. The topological polar surface area (TPSA) is 12.0 Å². The van der Waals surface area contributed by atoms with E-state index in [0.29, 0.717) is 6.04 Å². The molecule has 2 aromatic carbocycles. The lowest BCUT2D eigenvalue weighted by Gasteiger charge is -2.28. The van der Waals surface area contributed by atoms with Crippen LogP contribution in [0.2, 0.25) is 5.02 Å². The Balaban J connectivity index is 1.66. The molecule has 0 aromatic heterocycles. The van der Waals surface area contributed by atoms with Crippen LogP contribution in [0.1, 0.15) is 36.6 Å². The summed E-state index contributed by atoms with van der Waals surface area (Å²) in [6.07, 6.45) is 2.19. The molecule has 1 unspecified atom stereocenters. The molecule has 110 valence electrons. The summed E-state index contributed by atoms with van der Waals surface area (Å²) in [6.45, 7) is 5.70. The molecule has 0 saturated carbocycles. The van der Waals surface area contributed by atoms with Crippen molar-refractivity contribution in [2.45, 2.75) is 32.7 Å². The summed E-state index contributed by atoms with van der Waals surface area (Å²) in [7, 11) is 0. The lowest BCUT2D eigenvalue weighted by Crippen LogP contribution is -2.32. The highest BCUT2D eigenvalue weighted by Crippen LogP contribution is 2.44. The fourth-order valence-corrected chi connectivity index (χ4v) is 3.51. The maximum absolute atomic E-state index is 5.93. The minimum absolute atomic E-state index is 0.281. The van der Waals surface area contributed by atoms with Gasteiger partial charge in [0.2, 0.25) is 0 Å². The van der Waals surface area contributed by atoms with Crippen molar-refractivity contribution >= 4 is 11.6 Å². The largest absolute Gasteiger partial charge is 0.309 e. The van der Waals surface area contributed by atoms with Crippen LogP contribution in [0.4, 0.5) is 0 Å². The fourth-order valence-electron chi connectivity index (χ4n) is 3.39. The predicted molar refractivity (Wildman–Crippen MR) is 89.8 cm³/mol. The second-order valence-electron chi connectivity index (χ2n) is 6.63. The van der Waals surface area contributed by atoms with Crippen molar-refractivity contribution in [3.05, 3.63) is 70.2 Å². The lowest BCUT2D eigenvalue weighted by atomic mass is 9.85. The summed E-state index contributed by atoms with van der Waals surface area (Å²) >= 11 is 5.93. The maximum Gasteiger partial charge on any atom is 0.0406 e. The Morgan fingerprint density at radius 1 is 1.10 bits per heavy atom. The molecule has 21 heavy (non-hydrogen) atoms. The number of benzene rings is 2. The van der Waals surface area contributed by atoms with Gasteiger partial charge in [-0.2, -0.15) is 0 Å². The maximum atomic E-state index is 5.93. The molecule has 0 amide bonds. The van der Waals surface area contributed by atoms with Gasteiger partial charge < -0.3 is 5.32 Å². The number of rotatable bonds is 4. The molecule has 0 saturated heterocycles. The second-order valence-corrected chi connectivity index (χ2v) is 7.06. The molecular weight excluding hydrogens is 278 g/mol. The number of hydrogen-bond donors (Lipinski definition) is 1. The van der Waals surface area contributed by atoms with Crippen LogP contribution in [0, 0.1) is 5.41 Å². The van der Waals surface area contributed by atoms with E-state index in [1.54, 1.807) is 0 Å². The van der Waals surface area contributed by atoms with Gasteiger partial charge in [-0.15, -0.1) is 0 Å². The van der Waals surface area contributed by atoms with Gasteiger partial charge in [0.1, 0.15) is 0 Å². The summed E-state index contributed by atoms with van der Waals surface area (Å²) in [5.41, 5.74) is 4.57. The van der Waals surface area contributed by atoms with Gasteiger partial charge in [-0.05, 0) is 53.6 Å². The van der Waals surface area contributed by atoms with Crippen LogP contribution in [0.5, 0.6) is 0 Å². The molecule has 0 fully saturated rings. The molecule has 2 aromatic rings. The molecule has 1 aliphatic rings. The van der Waals surface area contributed by atoms with Crippen LogP contribution in [0.15, 0.2) is 48.5 Å². The van der Waals surface area contributed by atoms with Crippen molar-refractivity contribution in [3.8, 4) is 0 Å². The first kappa shape index (κ1) is 14.6. The van der Waals surface area contributed by atoms with Crippen LogP contribution in [0.3, 0.4) is 0 Å². The van der Waals surface area contributed by atoms with E-state index < -0.39 is 0 Å². The van der Waals surface area contributed by atoms with Crippen LogP contribution in [-0.2, 0) is 12.8 Å². The number of fused-ring (bicyclic) bond motifs is 1. The third kappa shape index (κ3) is 3.14. The fraction of sp³-hybridized carbons (Fsp3) is 0.368. The van der Waals surface area contributed by atoms with Crippen LogP contribution >= 0.6 is 11.6 Å². The van der Waals surface area contributed by atoms with E-state index in [2.05, 4.69) is 55.6 Å². The van der Waals surface area contributed by atoms with Gasteiger partial charge in [-0.25, -0.2) is 0 Å². The molecule has 0 aliphatic heterocycles. The Bertz CT molecular complexity index is 616. The average molecular weight is 300 g/mol. The van der Waals surface area contributed by atoms with E-state index in [9.17, 15) is 0 Å². The SMILES string of the molecule is CC1(C)Cc2ccccc2C1NCCc1ccc(Cl)cc1. The van der Waals surface area contributed by atoms with Crippen molar-refractivity contribution in [1.29, 1.82) is 0 Å². The van der Waals surface area contributed by atoms with Crippen molar-refractivity contribution in [3.63, 3.8) is 0 Å². The highest BCUT2D eigenvalue weighted by molar-refractivity contribution is 6.30. The monoisotopic (exact) mass is 299 g/mol. The number of nitrogens with one attached hydrogen (secondary N) is 1. The molecule has 1 aliphatic carbocycles. The molecule has 1 N–H and O–H groups in total. The number of halogens is 1. The minimum Gasteiger partial charge on any atom is -0.309 e. The Labute approximate surface area is 132 Å². The summed E-state index contributed by atoms with van der Waals surface area (Å²) in [5, 5.41) is 4.56. The van der Waals surface area contributed by atoms with Crippen LogP contribution < -0.4 is 5.32 Å². The van der Waals surface area contributed by atoms with E-state index in [4.69, 9.17) is 11.6 Å². The summed E-state index contributed by atoms with van der Waals surface area (Å²) < 4.78 is 0. The predicted octanol–water partition coefficient (Wildman–Crippen LogP) is 4.80. The van der Waals surface area contributed by atoms with E-state index in [0.717, 1.165) is 24.4 Å². The zero-order valence-electron chi connectivity index (χ0n) is 12.7. The molecule has 0 bridgehead atoms. The van der Waals surface area contributed by atoms with E-state index in [1.165, 1.54) is 16.7 Å². The van der Waals surface area contributed by atoms with E-state index >= 15 is 0 Å². The molecule has 2 heteroatoms. The van der Waals surface area contributed by atoms with Crippen molar-refractivity contribution in [2.75, 3.05) is 6.54 Å². The Morgan fingerprint density at radius 3 is 2.57 bits per heavy atom. The highest BCUT2D eigenvalue weighted by atomic mass is 35.5. The first-order chi connectivity index (χ1) is 10.1. The third-order valence-corrected chi connectivity index (χ3v) is 4.72. The summed E-state index contributed by atoms with van der Waals surface area (Å²) in [5.74, 6) is 0. The van der Waals surface area contributed by atoms with Crippen molar-refractivity contribution in [2.24, 2.45) is 5.41 Å². The molecule has 1 atom stereocenters. The third-order valence-electron chi connectivity index (χ3n) is 4.47. The van der Waals surface area contributed by atoms with Gasteiger partial charge in [-0.3, -0.25) is 0 Å². The molecule has 1 nitrogen and oxygen atoms in total. The van der Waals surface area contributed by atoms with Gasteiger partial charge in [0.05, 0.1) is 0 Å². The first-order valence-electron chi connectivity index (χ1n) is 7.62. The number of hydrogen-bond acceptors (Lipinski definition) is 1. The Hall–Kier alpha value is -1.31. The van der Waals surface area contributed by atoms with Crippen molar-refractivity contribution < 1.29 is 0 Å². The minimum atomic E-state index is 0.281. The van der Waals surface area contributed by atoms with Crippen LogP contribution in [-0.4, -0.2) is 6.54 Å². The zero-order chi connectivity index (χ0) is 14.9. The second kappa shape index (κ2) is 5.82. The Morgan fingerprint density at radius 2 is 1.81 bits per heavy atom. The van der Waals surface area contributed by atoms with Crippen LogP contribution in [0.25, 0.3) is 0 Å². The molecular formula is C19H22ClN. The molecule has 0 radical (unpaired) electrons. The molecule has 0 heterocycles. The van der Waals surface area contributed by atoms with Gasteiger partial charge >= 0.3 is 0 Å². The summed E-state index contributed by atoms with van der Waals surface area (Å²) in [4.78, 5) is 0. The van der Waals surface area contributed by atoms with Gasteiger partial charge in [-0.1, -0.05) is 61.8 Å². The molecule has 3 rings (SSSR count). The van der Waals surface area contributed by atoms with E-state index in [1.807, 2.05) is 12.1 Å². The van der Waals surface area contributed by atoms with Crippen molar-refractivity contribution in [1.82, 2.24) is 5.32 Å². The zero-order valence-corrected chi connectivity index (χ0v) is 13.5. The van der Waals surface area contributed by atoms with E-state index in [-0.39, 0.29) is 5.41 Å². The lowest BCUT2D eigenvalue weighted by molar-refractivity contribution is 0.271. The smallest absolute Gasteiger partial charge is 0.0406 e. The first-order valence-corrected chi connectivity index (χ1v) is 8.00. The molecule has 0 spiro atoms. The normalized spacial score (nSPS) is 19.5. The average Bonchev–Trinajstić information content (AvgIpc) is 2.71. The van der Waals surface area contributed by atoms with Gasteiger partial charge in [0, 0.05) is 11.1 Å². The standard InChI is InChI=1S/C19H22ClN/c1-19(2)13-15-5-3-4-6-17(15)18(19)21-12-11-14-7-9-16(20)10-8-14/h3-10,18,21H,11-13H2,1-2H3. The highest BCUT2D eigenvalue weighted by Gasteiger charge is 2.37. The van der Waals surface area contributed by atoms with Gasteiger partial charge in [0.25, 0.3) is 0 Å². The Kier molecular flexibility index (Phi) is 4.05. The quantitative estimate of drug-likeness (QED) is 0.855. The van der Waals surface area contributed by atoms with Gasteiger partial charge in [0.15, 0.2) is 0 Å².